The average molecular weight is 331 g/mol. The number of hydrogen-bond acceptors (Lipinski definition) is 5. The van der Waals surface area contributed by atoms with Gasteiger partial charge in [0.1, 0.15) is 12.0 Å². The van der Waals surface area contributed by atoms with Crippen LogP contribution in [-0.2, 0) is 6.42 Å². The van der Waals surface area contributed by atoms with Crippen LogP contribution in [0.25, 0.3) is 0 Å². The van der Waals surface area contributed by atoms with Gasteiger partial charge in [-0.15, -0.1) is 0 Å². The molecule has 4 rings (SSSR count). The molecule has 0 bridgehead atoms. The number of aryl methyl sites for hydroxylation is 2. The normalized spacial score (nSPS) is 13.0. The highest BCUT2D eigenvalue weighted by Crippen LogP contribution is 2.38. The molecule has 2 heterocycles. The van der Waals surface area contributed by atoms with Gasteiger partial charge >= 0.3 is 0 Å². The Kier molecular flexibility index (Phi) is 3.76. The maximum absolute atomic E-state index is 6.42. The predicted octanol–water partition coefficient (Wildman–Crippen LogP) is 4.11. The van der Waals surface area contributed by atoms with Crippen molar-refractivity contribution in [2.24, 2.45) is 0 Å². The van der Waals surface area contributed by atoms with Crippen molar-refractivity contribution in [3.63, 3.8) is 0 Å². The third-order valence-corrected chi connectivity index (χ3v) is 4.64. The molecule has 2 aromatic carbocycles. The summed E-state index contributed by atoms with van der Waals surface area (Å²) in [5.41, 5.74) is 12.9. The number of nitrogens with two attached hydrogens (primary N) is 1. The van der Waals surface area contributed by atoms with Crippen molar-refractivity contribution in [1.29, 1.82) is 0 Å². The molecule has 0 unspecified atom stereocenters. The van der Waals surface area contributed by atoms with Gasteiger partial charge in [0, 0.05) is 17.9 Å². The fraction of sp³-hybridized carbons (Fsp3) is 0.200. The number of hydrogen-bond donors (Lipinski definition) is 2. The molecule has 0 aliphatic carbocycles. The summed E-state index contributed by atoms with van der Waals surface area (Å²) in [6.45, 7) is 5.03. The Morgan fingerprint density at radius 2 is 1.92 bits per heavy atom. The number of rotatable bonds is 3. The minimum absolute atomic E-state index is 0.569. The Labute approximate surface area is 147 Å². The van der Waals surface area contributed by atoms with Gasteiger partial charge in [-0.25, -0.2) is 9.97 Å². The molecular weight excluding hydrogens is 310 g/mol. The van der Waals surface area contributed by atoms with Gasteiger partial charge in [-0.2, -0.15) is 0 Å². The zero-order chi connectivity index (χ0) is 17.4. The Morgan fingerprint density at radius 1 is 1.08 bits per heavy atom. The third kappa shape index (κ3) is 2.78. The van der Waals surface area contributed by atoms with Crippen molar-refractivity contribution in [2.45, 2.75) is 20.3 Å². The number of nitrogen functional groups attached to an aromatic ring is 1. The van der Waals surface area contributed by atoms with Crippen molar-refractivity contribution in [1.82, 2.24) is 9.97 Å². The molecule has 3 N–H and O–H groups in total. The molecule has 0 radical (unpaired) electrons. The largest absolute Gasteiger partial charge is 0.393 e. The zero-order valence-electron chi connectivity index (χ0n) is 14.5. The summed E-state index contributed by atoms with van der Waals surface area (Å²) >= 11 is 0. The van der Waals surface area contributed by atoms with Crippen LogP contribution >= 0.6 is 0 Å². The quantitative estimate of drug-likeness (QED) is 0.756. The highest BCUT2D eigenvalue weighted by atomic mass is 15.2. The van der Waals surface area contributed by atoms with Crippen LogP contribution in [0.3, 0.4) is 0 Å². The van der Waals surface area contributed by atoms with Gasteiger partial charge in [-0.05, 0) is 43.5 Å². The third-order valence-electron chi connectivity index (χ3n) is 4.64. The van der Waals surface area contributed by atoms with Crippen LogP contribution in [0.5, 0.6) is 0 Å². The van der Waals surface area contributed by atoms with Gasteiger partial charge < -0.3 is 16.0 Å². The van der Waals surface area contributed by atoms with E-state index in [1.54, 1.807) is 6.33 Å². The van der Waals surface area contributed by atoms with Gasteiger partial charge in [-0.3, -0.25) is 0 Å². The van der Waals surface area contributed by atoms with E-state index in [9.17, 15) is 0 Å². The monoisotopic (exact) mass is 331 g/mol. The molecule has 0 atom stereocenters. The summed E-state index contributed by atoms with van der Waals surface area (Å²) in [6.07, 6.45) is 2.57. The summed E-state index contributed by atoms with van der Waals surface area (Å²) in [4.78, 5) is 11.0. The van der Waals surface area contributed by atoms with Gasteiger partial charge in [0.15, 0.2) is 11.6 Å². The van der Waals surface area contributed by atoms with Crippen LogP contribution in [-0.4, -0.2) is 16.5 Å². The molecule has 0 spiro atoms. The lowest BCUT2D eigenvalue weighted by Gasteiger charge is -2.21. The maximum atomic E-state index is 6.42. The molecule has 1 aromatic heterocycles. The van der Waals surface area contributed by atoms with Crippen LogP contribution in [0.4, 0.5) is 28.7 Å². The fourth-order valence-electron chi connectivity index (χ4n) is 3.34. The van der Waals surface area contributed by atoms with Crippen molar-refractivity contribution in [2.75, 3.05) is 22.5 Å². The summed E-state index contributed by atoms with van der Waals surface area (Å²) in [5, 5.41) is 3.35. The lowest BCUT2D eigenvalue weighted by atomic mass is 10.1. The Hall–Kier alpha value is -3.08. The van der Waals surface area contributed by atoms with Gasteiger partial charge in [-0.1, -0.05) is 35.9 Å². The first-order valence-electron chi connectivity index (χ1n) is 8.43. The first kappa shape index (κ1) is 15.4. The average Bonchev–Trinajstić information content (AvgIpc) is 3.03. The highest BCUT2D eigenvalue weighted by Gasteiger charge is 2.24. The van der Waals surface area contributed by atoms with Crippen LogP contribution in [0.2, 0.25) is 0 Å². The summed E-state index contributed by atoms with van der Waals surface area (Å²) in [5.74, 6) is 1.40. The second-order valence-corrected chi connectivity index (χ2v) is 6.43. The van der Waals surface area contributed by atoms with Crippen molar-refractivity contribution < 1.29 is 0 Å². The molecule has 1 aliphatic heterocycles. The van der Waals surface area contributed by atoms with E-state index in [4.69, 9.17) is 5.73 Å². The molecule has 3 aromatic rings. The smallest absolute Gasteiger partial charge is 0.161 e. The summed E-state index contributed by atoms with van der Waals surface area (Å²) < 4.78 is 0. The topological polar surface area (TPSA) is 67.1 Å². The second-order valence-electron chi connectivity index (χ2n) is 6.43. The molecule has 25 heavy (non-hydrogen) atoms. The molecule has 0 saturated heterocycles. The summed E-state index contributed by atoms with van der Waals surface area (Å²) in [6, 6.07) is 14.6. The minimum atomic E-state index is 0.569. The van der Waals surface area contributed by atoms with E-state index in [-0.39, 0.29) is 0 Å². The molecule has 126 valence electrons. The molecule has 0 saturated carbocycles. The molecule has 5 heteroatoms. The van der Waals surface area contributed by atoms with E-state index in [2.05, 4.69) is 70.4 Å². The lowest BCUT2D eigenvalue weighted by molar-refractivity contribution is 0.967. The fourth-order valence-corrected chi connectivity index (χ4v) is 3.34. The van der Waals surface area contributed by atoms with Crippen molar-refractivity contribution in [3.05, 3.63) is 65.5 Å². The zero-order valence-corrected chi connectivity index (χ0v) is 14.5. The van der Waals surface area contributed by atoms with E-state index in [1.807, 2.05) is 6.07 Å². The van der Waals surface area contributed by atoms with Gasteiger partial charge in [0.2, 0.25) is 0 Å². The molecule has 1 aliphatic rings. The van der Waals surface area contributed by atoms with Gasteiger partial charge in [0.25, 0.3) is 0 Å². The number of nitrogens with zero attached hydrogens (tertiary/aromatic N) is 3. The SMILES string of the molecule is Cc1ccc(Nc2ncnc(N3CCc4ccccc43)c2N)c(C)c1. The first-order valence-corrected chi connectivity index (χ1v) is 8.43. The molecule has 0 fully saturated rings. The van der Waals surface area contributed by atoms with Crippen LogP contribution in [0.1, 0.15) is 16.7 Å². The van der Waals surface area contributed by atoms with Gasteiger partial charge in [0.05, 0.1) is 0 Å². The number of aromatic nitrogens is 2. The number of anilines is 5. The Morgan fingerprint density at radius 3 is 2.76 bits per heavy atom. The number of benzene rings is 2. The van der Waals surface area contributed by atoms with Crippen LogP contribution < -0.4 is 16.0 Å². The van der Waals surface area contributed by atoms with E-state index in [0.717, 1.165) is 30.0 Å². The maximum Gasteiger partial charge on any atom is 0.161 e. The Balaban J connectivity index is 1.70. The highest BCUT2D eigenvalue weighted by molar-refractivity contribution is 5.83. The second kappa shape index (κ2) is 6.09. The predicted molar refractivity (Wildman–Crippen MR) is 103 cm³/mol. The van der Waals surface area contributed by atoms with E-state index < -0.39 is 0 Å². The first-order chi connectivity index (χ1) is 12.1. The van der Waals surface area contributed by atoms with Crippen molar-refractivity contribution in [3.8, 4) is 0 Å². The number of para-hydroxylation sites is 1. The van der Waals surface area contributed by atoms with E-state index in [0.29, 0.717) is 11.5 Å². The van der Waals surface area contributed by atoms with Crippen LogP contribution in [0.15, 0.2) is 48.8 Å². The minimum Gasteiger partial charge on any atom is -0.393 e. The molecule has 0 amide bonds. The standard InChI is InChI=1S/C20H21N5/c1-13-7-8-16(14(2)11-13)24-19-18(21)20(23-12-22-19)25-10-9-15-5-3-4-6-17(15)25/h3-8,11-12H,9-10,21H2,1-2H3,(H,22,23,24). The molecule has 5 nitrogen and oxygen atoms in total. The number of fused-ring (bicyclic) bond motifs is 1. The lowest BCUT2D eigenvalue weighted by Crippen LogP contribution is -2.17. The summed E-state index contributed by atoms with van der Waals surface area (Å²) in [7, 11) is 0. The van der Waals surface area contributed by atoms with E-state index in [1.165, 1.54) is 16.8 Å². The number of nitrogens with one attached hydrogen (secondary N) is 1. The molecular formula is C20H21N5. The van der Waals surface area contributed by atoms with Crippen molar-refractivity contribution >= 4 is 28.7 Å². The van der Waals surface area contributed by atoms with E-state index >= 15 is 0 Å². The van der Waals surface area contributed by atoms with Crippen LogP contribution in [0, 0.1) is 13.8 Å². The Bertz CT molecular complexity index is 935.